The van der Waals surface area contributed by atoms with E-state index in [0.717, 1.165) is 6.42 Å². The van der Waals surface area contributed by atoms with Crippen LogP contribution in [0, 0.1) is 0 Å². The summed E-state index contributed by atoms with van der Waals surface area (Å²) in [5, 5.41) is 0. The molecule has 0 aromatic rings. The summed E-state index contributed by atoms with van der Waals surface area (Å²) in [6, 6.07) is 0.0577. The Bertz CT molecular complexity index is 270. The van der Waals surface area contributed by atoms with E-state index < -0.39 is 15.7 Å². The second-order valence-corrected chi connectivity index (χ2v) is 6.21. The molecule has 0 aliphatic rings. The van der Waals surface area contributed by atoms with Crippen LogP contribution in [0.3, 0.4) is 0 Å². The van der Waals surface area contributed by atoms with Crippen LogP contribution in [0.4, 0.5) is 0 Å². The molecule has 0 spiro atoms. The van der Waals surface area contributed by atoms with Crippen LogP contribution in [0.25, 0.3) is 0 Å². The maximum absolute atomic E-state index is 11.5. The lowest BCUT2D eigenvalue weighted by Gasteiger charge is -2.20. The van der Waals surface area contributed by atoms with Crippen molar-refractivity contribution < 1.29 is 8.42 Å². The van der Waals surface area contributed by atoms with Gasteiger partial charge in [-0.15, -0.1) is 0 Å². The van der Waals surface area contributed by atoms with Crippen LogP contribution < -0.4 is 15.2 Å². The van der Waals surface area contributed by atoms with Crippen LogP contribution >= 0.6 is 0 Å². The van der Waals surface area contributed by atoms with Crippen molar-refractivity contribution in [1.29, 1.82) is 0 Å². The molecule has 0 aliphatic heterocycles. The van der Waals surface area contributed by atoms with Crippen molar-refractivity contribution >= 4 is 10.2 Å². The van der Waals surface area contributed by atoms with E-state index in [1.807, 2.05) is 6.92 Å². The van der Waals surface area contributed by atoms with Crippen molar-refractivity contribution in [2.45, 2.75) is 52.1 Å². The van der Waals surface area contributed by atoms with E-state index in [2.05, 4.69) is 9.44 Å². The molecule has 0 amide bonds. The lowest BCUT2D eigenvalue weighted by molar-refractivity contribution is 0.480. The third-order valence-electron chi connectivity index (χ3n) is 1.77. The monoisotopic (exact) mass is 237 g/mol. The zero-order valence-electron chi connectivity index (χ0n) is 10.0. The largest absolute Gasteiger partial charge is 0.328 e. The molecule has 0 saturated carbocycles. The minimum Gasteiger partial charge on any atom is -0.328 e. The number of hydrogen-bond acceptors (Lipinski definition) is 3. The second-order valence-electron chi connectivity index (χ2n) is 4.71. The molecule has 0 saturated heterocycles. The van der Waals surface area contributed by atoms with Gasteiger partial charge in [0.05, 0.1) is 0 Å². The summed E-state index contributed by atoms with van der Waals surface area (Å²) in [7, 11) is -3.40. The summed E-state index contributed by atoms with van der Waals surface area (Å²) in [6.45, 7) is 7.74. The van der Waals surface area contributed by atoms with Gasteiger partial charge in [0.2, 0.25) is 0 Å². The topological polar surface area (TPSA) is 84.2 Å². The average Bonchev–Trinajstić information content (AvgIpc) is 1.98. The molecule has 92 valence electrons. The number of nitrogens with two attached hydrogens (primary N) is 1. The quantitative estimate of drug-likeness (QED) is 0.622. The summed E-state index contributed by atoms with van der Waals surface area (Å²) in [6.07, 6.45) is 1.51. The van der Waals surface area contributed by atoms with Crippen molar-refractivity contribution in [3.05, 3.63) is 0 Å². The van der Waals surface area contributed by atoms with Gasteiger partial charge in [0.1, 0.15) is 0 Å². The zero-order valence-corrected chi connectivity index (χ0v) is 10.8. The summed E-state index contributed by atoms with van der Waals surface area (Å²) in [5.74, 6) is 0. The number of rotatable bonds is 6. The Morgan fingerprint density at radius 1 is 1.33 bits per heavy atom. The molecule has 4 N–H and O–H groups in total. The molecule has 0 aromatic carbocycles. The molecule has 6 heteroatoms. The van der Waals surface area contributed by atoms with E-state index in [4.69, 9.17) is 5.73 Å². The number of nitrogens with one attached hydrogen (secondary N) is 2. The molecule has 0 heterocycles. The predicted octanol–water partition coefficient (Wildman–Crippen LogP) is 0.336. The van der Waals surface area contributed by atoms with E-state index in [1.165, 1.54) is 0 Å². The minimum atomic E-state index is -3.40. The summed E-state index contributed by atoms with van der Waals surface area (Å²) in [4.78, 5) is 0. The first kappa shape index (κ1) is 14.8. The van der Waals surface area contributed by atoms with Gasteiger partial charge in [0.25, 0.3) is 10.2 Å². The zero-order chi connectivity index (χ0) is 12.1. The van der Waals surface area contributed by atoms with Crippen LogP contribution in [0.1, 0.15) is 40.5 Å². The molecule has 0 aliphatic carbocycles. The normalized spacial score (nSPS) is 15.3. The van der Waals surface area contributed by atoms with Gasteiger partial charge in [-0.3, -0.25) is 0 Å². The molecule has 0 fully saturated rings. The van der Waals surface area contributed by atoms with E-state index in [9.17, 15) is 8.42 Å². The lowest BCUT2D eigenvalue weighted by Crippen LogP contribution is -2.47. The van der Waals surface area contributed by atoms with Gasteiger partial charge in [-0.05, 0) is 33.6 Å². The van der Waals surface area contributed by atoms with E-state index in [1.54, 1.807) is 20.8 Å². The SMILES string of the molecule is CCC(N)CCNS(=O)(=O)NC(C)(C)C. The fraction of sp³-hybridized carbons (Fsp3) is 1.00. The maximum Gasteiger partial charge on any atom is 0.277 e. The van der Waals surface area contributed by atoms with E-state index >= 15 is 0 Å². The first-order valence-corrected chi connectivity index (χ1v) is 6.69. The molecule has 1 atom stereocenters. The van der Waals surface area contributed by atoms with Gasteiger partial charge in [-0.2, -0.15) is 13.1 Å². The highest BCUT2D eigenvalue weighted by Crippen LogP contribution is 2.00. The molecule has 5 nitrogen and oxygen atoms in total. The molecule has 0 radical (unpaired) electrons. The minimum absolute atomic E-state index is 0.0577. The van der Waals surface area contributed by atoms with Gasteiger partial charge in [-0.25, -0.2) is 4.72 Å². The van der Waals surface area contributed by atoms with Crippen molar-refractivity contribution in [1.82, 2.24) is 9.44 Å². The first-order valence-electron chi connectivity index (χ1n) is 5.20. The average molecular weight is 237 g/mol. The second kappa shape index (κ2) is 5.79. The van der Waals surface area contributed by atoms with Gasteiger partial charge in [0, 0.05) is 18.1 Å². The highest BCUT2D eigenvalue weighted by molar-refractivity contribution is 7.87. The molecule has 1 unspecified atom stereocenters. The Kier molecular flexibility index (Phi) is 5.72. The van der Waals surface area contributed by atoms with E-state index in [-0.39, 0.29) is 6.04 Å². The van der Waals surface area contributed by atoms with Crippen molar-refractivity contribution in [3.8, 4) is 0 Å². The van der Waals surface area contributed by atoms with Gasteiger partial charge >= 0.3 is 0 Å². The maximum atomic E-state index is 11.5. The summed E-state index contributed by atoms with van der Waals surface area (Å²) < 4.78 is 27.9. The van der Waals surface area contributed by atoms with Crippen molar-refractivity contribution in [3.63, 3.8) is 0 Å². The Labute approximate surface area is 93.0 Å². The molecular formula is C9H23N3O2S. The summed E-state index contributed by atoms with van der Waals surface area (Å²) >= 11 is 0. The van der Waals surface area contributed by atoms with E-state index in [0.29, 0.717) is 13.0 Å². The van der Waals surface area contributed by atoms with Gasteiger partial charge < -0.3 is 5.73 Å². The Morgan fingerprint density at radius 2 is 1.87 bits per heavy atom. The standard InChI is InChI=1S/C9H23N3O2S/c1-5-8(10)6-7-11-15(13,14)12-9(2,3)4/h8,11-12H,5-7,10H2,1-4H3. The Balaban J connectivity index is 3.96. The fourth-order valence-corrected chi connectivity index (χ4v) is 2.29. The van der Waals surface area contributed by atoms with Crippen LogP contribution in [-0.4, -0.2) is 26.5 Å². The Hall–Kier alpha value is -0.170. The predicted molar refractivity (Wildman–Crippen MR) is 62.7 cm³/mol. The molecule has 15 heavy (non-hydrogen) atoms. The van der Waals surface area contributed by atoms with Crippen LogP contribution in [-0.2, 0) is 10.2 Å². The molecule has 0 aromatic heterocycles. The van der Waals surface area contributed by atoms with Gasteiger partial charge in [0.15, 0.2) is 0 Å². The molecular weight excluding hydrogens is 214 g/mol. The van der Waals surface area contributed by atoms with Crippen LogP contribution in [0.2, 0.25) is 0 Å². The summed E-state index contributed by atoms with van der Waals surface area (Å²) in [5.41, 5.74) is 5.21. The third kappa shape index (κ3) is 8.80. The smallest absolute Gasteiger partial charge is 0.277 e. The fourth-order valence-electron chi connectivity index (χ4n) is 1.02. The van der Waals surface area contributed by atoms with Crippen LogP contribution in [0.5, 0.6) is 0 Å². The van der Waals surface area contributed by atoms with Gasteiger partial charge in [-0.1, -0.05) is 6.92 Å². The van der Waals surface area contributed by atoms with Crippen molar-refractivity contribution in [2.24, 2.45) is 5.73 Å². The number of hydrogen-bond donors (Lipinski definition) is 3. The van der Waals surface area contributed by atoms with Crippen LogP contribution in [0.15, 0.2) is 0 Å². The third-order valence-corrected chi connectivity index (χ3v) is 3.24. The highest BCUT2D eigenvalue weighted by atomic mass is 32.2. The molecule has 0 bridgehead atoms. The first-order chi connectivity index (χ1) is 6.66. The molecule has 0 rings (SSSR count). The lowest BCUT2D eigenvalue weighted by atomic mass is 10.1. The highest BCUT2D eigenvalue weighted by Gasteiger charge is 2.18. The Morgan fingerprint density at radius 3 is 2.27 bits per heavy atom. The van der Waals surface area contributed by atoms with Crippen molar-refractivity contribution in [2.75, 3.05) is 6.54 Å².